The zero-order valence-electron chi connectivity index (χ0n) is 11.6. The predicted octanol–water partition coefficient (Wildman–Crippen LogP) is 1.26. The molecule has 1 fully saturated rings. The van der Waals surface area contributed by atoms with E-state index in [1.54, 1.807) is 23.1 Å². The van der Waals surface area contributed by atoms with E-state index in [-0.39, 0.29) is 12.3 Å². The van der Waals surface area contributed by atoms with Crippen molar-refractivity contribution in [2.24, 2.45) is 0 Å². The second kappa shape index (κ2) is 6.91. The van der Waals surface area contributed by atoms with E-state index in [4.69, 9.17) is 10.8 Å². The summed E-state index contributed by atoms with van der Waals surface area (Å²) in [6.07, 6.45) is 0.136. The van der Waals surface area contributed by atoms with Crippen molar-refractivity contribution in [2.45, 2.75) is 6.42 Å². The van der Waals surface area contributed by atoms with E-state index < -0.39 is 5.97 Å². The molecule has 0 aliphatic carbocycles. The number of hydrogen-bond acceptors (Lipinski definition) is 4. The Morgan fingerprint density at radius 3 is 2.48 bits per heavy atom. The number of carbonyl (C=O) groups excluding carboxylic acids is 1. The Kier molecular flexibility index (Phi) is 5.19. The van der Waals surface area contributed by atoms with E-state index in [0.717, 1.165) is 4.47 Å². The number of carboxylic acids is 1. The van der Waals surface area contributed by atoms with Crippen molar-refractivity contribution < 1.29 is 14.7 Å². The first kappa shape index (κ1) is 15.8. The van der Waals surface area contributed by atoms with Gasteiger partial charge in [0, 0.05) is 48.4 Å². The Balaban J connectivity index is 1.90. The van der Waals surface area contributed by atoms with Gasteiger partial charge in [0.15, 0.2) is 0 Å². The Morgan fingerprint density at radius 1 is 1.24 bits per heavy atom. The highest BCUT2D eigenvalue weighted by atomic mass is 79.9. The highest BCUT2D eigenvalue weighted by Gasteiger charge is 2.22. The molecular formula is C14H18BrN3O3. The lowest BCUT2D eigenvalue weighted by atomic mass is 10.1. The Hall–Kier alpha value is -1.60. The summed E-state index contributed by atoms with van der Waals surface area (Å²) in [4.78, 5) is 26.8. The molecule has 0 spiro atoms. The van der Waals surface area contributed by atoms with Crippen LogP contribution in [0.25, 0.3) is 0 Å². The van der Waals surface area contributed by atoms with Crippen LogP contribution in [0, 0.1) is 0 Å². The molecule has 7 heteroatoms. The van der Waals surface area contributed by atoms with Crippen LogP contribution in [-0.2, 0) is 4.79 Å². The van der Waals surface area contributed by atoms with Crippen molar-refractivity contribution in [3.63, 3.8) is 0 Å². The number of halogens is 1. The molecule has 1 heterocycles. The molecule has 2 rings (SSSR count). The zero-order chi connectivity index (χ0) is 15.4. The molecular weight excluding hydrogens is 338 g/mol. The molecule has 0 aromatic heterocycles. The first-order chi connectivity index (χ1) is 9.97. The molecule has 1 aromatic rings. The highest BCUT2D eigenvalue weighted by molar-refractivity contribution is 9.10. The minimum absolute atomic E-state index is 0.0351. The molecule has 1 aromatic carbocycles. The number of rotatable bonds is 4. The molecule has 0 unspecified atom stereocenters. The Labute approximate surface area is 131 Å². The molecule has 1 saturated heterocycles. The molecule has 21 heavy (non-hydrogen) atoms. The third-order valence-corrected chi connectivity index (χ3v) is 4.27. The van der Waals surface area contributed by atoms with Gasteiger partial charge in [0.2, 0.25) is 0 Å². The van der Waals surface area contributed by atoms with Crippen LogP contribution in [0.1, 0.15) is 16.8 Å². The van der Waals surface area contributed by atoms with Crippen molar-refractivity contribution in [1.29, 1.82) is 0 Å². The minimum Gasteiger partial charge on any atom is -0.481 e. The lowest BCUT2D eigenvalue weighted by Crippen LogP contribution is -2.49. The topological polar surface area (TPSA) is 86.9 Å². The average Bonchev–Trinajstić information content (AvgIpc) is 2.48. The maximum atomic E-state index is 12.4. The van der Waals surface area contributed by atoms with Crippen LogP contribution >= 0.6 is 15.9 Å². The van der Waals surface area contributed by atoms with Crippen molar-refractivity contribution in [2.75, 3.05) is 38.5 Å². The maximum absolute atomic E-state index is 12.4. The Morgan fingerprint density at radius 2 is 1.90 bits per heavy atom. The van der Waals surface area contributed by atoms with Crippen LogP contribution in [0.4, 0.5) is 5.69 Å². The van der Waals surface area contributed by atoms with Gasteiger partial charge in [-0.3, -0.25) is 14.5 Å². The largest absolute Gasteiger partial charge is 0.481 e. The first-order valence-electron chi connectivity index (χ1n) is 6.76. The SMILES string of the molecule is Nc1cc(C(=O)N2CCN(CCC(=O)O)CC2)ccc1Br. The van der Waals surface area contributed by atoms with Crippen LogP contribution in [0.3, 0.4) is 0 Å². The monoisotopic (exact) mass is 355 g/mol. The van der Waals surface area contributed by atoms with Gasteiger partial charge < -0.3 is 15.7 Å². The number of benzene rings is 1. The number of nitrogen functional groups attached to an aromatic ring is 1. The summed E-state index contributed by atoms with van der Waals surface area (Å²) < 4.78 is 0.775. The van der Waals surface area contributed by atoms with E-state index in [1.807, 2.05) is 0 Å². The van der Waals surface area contributed by atoms with Crippen molar-refractivity contribution in [1.82, 2.24) is 9.80 Å². The van der Waals surface area contributed by atoms with E-state index in [1.165, 1.54) is 0 Å². The fraction of sp³-hybridized carbons (Fsp3) is 0.429. The number of amides is 1. The van der Waals surface area contributed by atoms with Gasteiger partial charge in [-0.2, -0.15) is 0 Å². The second-order valence-corrected chi connectivity index (χ2v) is 5.87. The zero-order valence-corrected chi connectivity index (χ0v) is 13.2. The van der Waals surface area contributed by atoms with Crippen molar-refractivity contribution in [3.8, 4) is 0 Å². The van der Waals surface area contributed by atoms with E-state index in [2.05, 4.69) is 20.8 Å². The lowest BCUT2D eigenvalue weighted by Gasteiger charge is -2.34. The molecule has 0 atom stereocenters. The van der Waals surface area contributed by atoms with Gasteiger partial charge in [-0.05, 0) is 34.1 Å². The number of carbonyl (C=O) groups is 2. The Bertz CT molecular complexity index is 542. The number of aliphatic carboxylic acids is 1. The lowest BCUT2D eigenvalue weighted by molar-refractivity contribution is -0.137. The molecule has 0 radical (unpaired) electrons. The molecule has 1 aliphatic rings. The van der Waals surface area contributed by atoms with Gasteiger partial charge in [0.1, 0.15) is 0 Å². The molecule has 1 aliphatic heterocycles. The van der Waals surface area contributed by atoms with Gasteiger partial charge in [-0.15, -0.1) is 0 Å². The van der Waals surface area contributed by atoms with Gasteiger partial charge in [-0.1, -0.05) is 0 Å². The van der Waals surface area contributed by atoms with Gasteiger partial charge >= 0.3 is 5.97 Å². The fourth-order valence-electron chi connectivity index (χ4n) is 2.29. The quantitative estimate of drug-likeness (QED) is 0.794. The summed E-state index contributed by atoms with van der Waals surface area (Å²) in [5.41, 5.74) is 6.92. The smallest absolute Gasteiger partial charge is 0.304 e. The number of carboxylic acid groups (broad SMARTS) is 1. The van der Waals surface area contributed by atoms with Crippen molar-refractivity contribution >= 4 is 33.5 Å². The molecule has 114 valence electrons. The molecule has 0 saturated carbocycles. The minimum atomic E-state index is -0.793. The number of hydrogen-bond donors (Lipinski definition) is 2. The van der Waals surface area contributed by atoms with Crippen molar-refractivity contribution in [3.05, 3.63) is 28.2 Å². The van der Waals surface area contributed by atoms with Crippen LogP contribution in [-0.4, -0.2) is 59.5 Å². The predicted molar refractivity (Wildman–Crippen MR) is 83.2 cm³/mol. The number of nitrogens with two attached hydrogens (primary N) is 1. The van der Waals surface area contributed by atoms with E-state index in [9.17, 15) is 9.59 Å². The molecule has 3 N–H and O–H groups in total. The second-order valence-electron chi connectivity index (χ2n) is 5.01. The van der Waals surface area contributed by atoms with Crippen LogP contribution in [0.2, 0.25) is 0 Å². The summed E-state index contributed by atoms with van der Waals surface area (Å²) in [6.45, 7) is 3.14. The number of piperazine rings is 1. The average molecular weight is 356 g/mol. The van der Waals surface area contributed by atoms with Gasteiger partial charge in [0.05, 0.1) is 6.42 Å². The summed E-state index contributed by atoms with van der Waals surface area (Å²) in [5, 5.41) is 8.67. The third kappa shape index (κ3) is 4.18. The van der Waals surface area contributed by atoms with Gasteiger partial charge in [0.25, 0.3) is 5.91 Å². The summed E-state index contributed by atoms with van der Waals surface area (Å²) in [5.74, 6) is -0.828. The third-order valence-electron chi connectivity index (χ3n) is 3.54. The molecule has 0 bridgehead atoms. The summed E-state index contributed by atoms with van der Waals surface area (Å²) in [7, 11) is 0. The number of nitrogens with zero attached hydrogens (tertiary/aromatic N) is 2. The van der Waals surface area contributed by atoms with Crippen LogP contribution < -0.4 is 5.73 Å². The fourth-order valence-corrected chi connectivity index (χ4v) is 2.53. The van der Waals surface area contributed by atoms with Crippen LogP contribution in [0.5, 0.6) is 0 Å². The first-order valence-corrected chi connectivity index (χ1v) is 7.55. The number of anilines is 1. The molecule has 6 nitrogen and oxygen atoms in total. The van der Waals surface area contributed by atoms with E-state index in [0.29, 0.717) is 44.0 Å². The standard InChI is InChI=1S/C14H18BrN3O3/c15-11-2-1-10(9-12(11)16)14(21)18-7-5-17(6-8-18)4-3-13(19)20/h1-2,9H,3-8,16H2,(H,19,20). The normalized spacial score (nSPS) is 16.0. The highest BCUT2D eigenvalue weighted by Crippen LogP contribution is 2.21. The van der Waals surface area contributed by atoms with Gasteiger partial charge in [-0.25, -0.2) is 0 Å². The molecule has 1 amide bonds. The maximum Gasteiger partial charge on any atom is 0.304 e. The summed E-state index contributed by atoms with van der Waals surface area (Å²) in [6, 6.07) is 5.19. The van der Waals surface area contributed by atoms with E-state index >= 15 is 0 Å². The van der Waals surface area contributed by atoms with Crippen LogP contribution in [0.15, 0.2) is 22.7 Å². The summed E-state index contributed by atoms with van der Waals surface area (Å²) >= 11 is 3.31.